The topological polar surface area (TPSA) is 46.9 Å². The number of para-hydroxylation sites is 1. The smallest absolute Gasteiger partial charge is 0.261 e. The van der Waals surface area contributed by atoms with E-state index in [1.807, 2.05) is 30.3 Å². The van der Waals surface area contributed by atoms with Gasteiger partial charge in [-0.3, -0.25) is 9.69 Å². The van der Waals surface area contributed by atoms with Crippen molar-refractivity contribution < 1.29 is 14.4 Å². The molecule has 0 spiro atoms. The first kappa shape index (κ1) is 20.6. The third-order valence-electron chi connectivity index (χ3n) is 4.86. The lowest BCUT2D eigenvalue weighted by Crippen LogP contribution is -3.12. The van der Waals surface area contributed by atoms with Gasteiger partial charge in [0.1, 0.15) is 11.3 Å². The number of halogens is 1. The number of ether oxygens (including phenoxy) is 1. The Morgan fingerprint density at radius 1 is 1.18 bits per heavy atom. The molecule has 1 aromatic heterocycles. The molecular weight excluding hydrogens is 394 g/mol. The van der Waals surface area contributed by atoms with Crippen molar-refractivity contribution in [2.24, 2.45) is 0 Å². The summed E-state index contributed by atoms with van der Waals surface area (Å²) in [5.41, 5.74) is 1.27. The summed E-state index contributed by atoms with van der Waals surface area (Å²) in [7, 11) is 1.63. The molecule has 0 aliphatic rings. The van der Waals surface area contributed by atoms with E-state index in [2.05, 4.69) is 13.8 Å². The minimum atomic E-state index is -0.129. The monoisotopic (exact) mass is 418 g/mol. The van der Waals surface area contributed by atoms with Gasteiger partial charge < -0.3 is 9.64 Å². The molecule has 1 amide bonds. The molecule has 28 heavy (non-hydrogen) atoms. The molecule has 1 heterocycles. The highest BCUT2D eigenvalue weighted by Crippen LogP contribution is 2.34. The first-order valence-corrected chi connectivity index (χ1v) is 10.6. The first-order chi connectivity index (χ1) is 13.6. The van der Waals surface area contributed by atoms with Crippen molar-refractivity contribution in [3.63, 3.8) is 0 Å². The Morgan fingerprint density at radius 3 is 2.61 bits per heavy atom. The van der Waals surface area contributed by atoms with Crippen LogP contribution in [0.2, 0.25) is 5.02 Å². The number of carbonyl (C=O) groups excluding carboxylic acids is 1. The van der Waals surface area contributed by atoms with Crippen LogP contribution in [-0.2, 0) is 0 Å². The summed E-state index contributed by atoms with van der Waals surface area (Å²) < 4.78 is 6.42. The number of nitrogens with one attached hydrogen (secondary N) is 1. The van der Waals surface area contributed by atoms with Crippen LogP contribution in [0, 0.1) is 0 Å². The Labute approximate surface area is 174 Å². The fourth-order valence-corrected chi connectivity index (χ4v) is 4.35. The van der Waals surface area contributed by atoms with Crippen molar-refractivity contribution in [1.82, 2.24) is 4.98 Å². The van der Waals surface area contributed by atoms with Gasteiger partial charge in [-0.2, -0.15) is 0 Å². The number of amides is 1. The zero-order chi connectivity index (χ0) is 20.1. The minimum absolute atomic E-state index is 0.129. The molecule has 0 unspecified atom stereocenters. The Bertz CT molecular complexity index is 956. The molecule has 148 valence electrons. The molecule has 7 heteroatoms. The molecule has 0 aliphatic heterocycles. The SMILES string of the molecule is CC[NH+](CC)CCN(C(=O)c1ccccc1Cl)c1nc2c(OC)cccc2s1. The maximum atomic E-state index is 13.4. The van der Waals surface area contributed by atoms with E-state index in [0.29, 0.717) is 28.0 Å². The van der Waals surface area contributed by atoms with Crippen molar-refractivity contribution >= 4 is 44.2 Å². The second-order valence-electron chi connectivity index (χ2n) is 6.45. The minimum Gasteiger partial charge on any atom is -0.494 e. The number of benzene rings is 2. The largest absolute Gasteiger partial charge is 0.494 e. The Kier molecular flexibility index (Phi) is 6.88. The number of rotatable bonds is 8. The van der Waals surface area contributed by atoms with Crippen molar-refractivity contribution in [2.75, 3.05) is 38.2 Å². The molecule has 1 N–H and O–H groups in total. The Morgan fingerprint density at radius 2 is 1.93 bits per heavy atom. The van der Waals surface area contributed by atoms with E-state index < -0.39 is 0 Å². The molecule has 0 bridgehead atoms. The number of thiazole rings is 1. The highest BCUT2D eigenvalue weighted by atomic mass is 35.5. The maximum absolute atomic E-state index is 13.4. The number of aromatic nitrogens is 1. The second-order valence-corrected chi connectivity index (χ2v) is 7.86. The highest BCUT2D eigenvalue weighted by molar-refractivity contribution is 7.22. The number of quaternary nitrogens is 1. The van der Waals surface area contributed by atoms with Gasteiger partial charge in [0.2, 0.25) is 0 Å². The third kappa shape index (κ3) is 4.29. The van der Waals surface area contributed by atoms with Gasteiger partial charge in [-0.1, -0.05) is 41.1 Å². The zero-order valence-corrected chi connectivity index (χ0v) is 17.9. The van der Waals surface area contributed by atoms with Crippen LogP contribution in [0.15, 0.2) is 42.5 Å². The molecule has 0 atom stereocenters. The Hall–Kier alpha value is -2.15. The fraction of sp³-hybridized carbons (Fsp3) is 0.333. The van der Waals surface area contributed by atoms with Crippen LogP contribution in [0.25, 0.3) is 10.2 Å². The van der Waals surface area contributed by atoms with Gasteiger partial charge in [0.05, 0.1) is 48.6 Å². The molecule has 0 radical (unpaired) electrons. The normalized spacial score (nSPS) is 11.2. The van der Waals surface area contributed by atoms with E-state index in [1.54, 1.807) is 24.1 Å². The maximum Gasteiger partial charge on any atom is 0.261 e. The van der Waals surface area contributed by atoms with Crippen molar-refractivity contribution in [3.05, 3.63) is 53.1 Å². The molecule has 5 nitrogen and oxygen atoms in total. The average molecular weight is 419 g/mol. The fourth-order valence-electron chi connectivity index (χ4n) is 3.13. The third-order valence-corrected chi connectivity index (χ3v) is 6.23. The van der Waals surface area contributed by atoms with Crippen LogP contribution in [0.1, 0.15) is 24.2 Å². The predicted octanol–water partition coefficient (Wildman–Crippen LogP) is 3.53. The first-order valence-electron chi connectivity index (χ1n) is 9.42. The van der Waals surface area contributed by atoms with Gasteiger partial charge in [0.25, 0.3) is 5.91 Å². The van der Waals surface area contributed by atoms with Crippen LogP contribution in [-0.4, -0.2) is 44.2 Å². The van der Waals surface area contributed by atoms with Gasteiger partial charge in [0.15, 0.2) is 5.13 Å². The lowest BCUT2D eigenvalue weighted by molar-refractivity contribution is -0.894. The number of hydrogen-bond donors (Lipinski definition) is 1. The number of hydrogen-bond acceptors (Lipinski definition) is 4. The molecule has 0 saturated heterocycles. The molecule has 0 saturated carbocycles. The van der Waals surface area contributed by atoms with Gasteiger partial charge in [0, 0.05) is 0 Å². The highest BCUT2D eigenvalue weighted by Gasteiger charge is 2.24. The summed E-state index contributed by atoms with van der Waals surface area (Å²) in [6.07, 6.45) is 0. The summed E-state index contributed by atoms with van der Waals surface area (Å²) in [6.45, 7) is 7.75. The number of fused-ring (bicyclic) bond motifs is 1. The van der Waals surface area contributed by atoms with Gasteiger partial charge in [-0.25, -0.2) is 4.98 Å². The average Bonchev–Trinajstić information content (AvgIpc) is 3.15. The van der Waals surface area contributed by atoms with Crippen molar-refractivity contribution in [3.8, 4) is 5.75 Å². The Balaban J connectivity index is 2.00. The van der Waals surface area contributed by atoms with E-state index in [1.165, 1.54) is 16.2 Å². The number of likely N-dealkylation sites (N-methyl/N-ethyl adjacent to an activating group) is 1. The van der Waals surface area contributed by atoms with E-state index in [4.69, 9.17) is 21.3 Å². The van der Waals surface area contributed by atoms with Gasteiger partial charge in [-0.05, 0) is 38.1 Å². The van der Waals surface area contributed by atoms with E-state index in [9.17, 15) is 4.79 Å². The lowest BCUT2D eigenvalue weighted by Gasteiger charge is -2.23. The van der Waals surface area contributed by atoms with Crippen LogP contribution in [0.3, 0.4) is 0 Å². The zero-order valence-electron chi connectivity index (χ0n) is 16.4. The van der Waals surface area contributed by atoms with Crippen LogP contribution in [0.4, 0.5) is 5.13 Å². The van der Waals surface area contributed by atoms with E-state index in [-0.39, 0.29) is 5.91 Å². The molecule has 3 rings (SSSR count). The van der Waals surface area contributed by atoms with Crippen LogP contribution in [0.5, 0.6) is 5.75 Å². The van der Waals surface area contributed by atoms with Gasteiger partial charge in [-0.15, -0.1) is 0 Å². The standard InChI is InChI=1S/C21H24ClN3O2S/c1-4-24(5-2)13-14-25(20(26)15-9-6-7-10-16(15)22)21-23-19-17(27-3)11-8-12-18(19)28-21/h6-12H,4-5,13-14H2,1-3H3/p+1. The summed E-state index contributed by atoms with van der Waals surface area (Å²) in [6, 6.07) is 13.0. The number of carbonyl (C=O) groups is 1. The van der Waals surface area contributed by atoms with E-state index in [0.717, 1.165) is 29.9 Å². The van der Waals surface area contributed by atoms with E-state index >= 15 is 0 Å². The molecule has 0 aliphatic carbocycles. The molecule has 0 fully saturated rings. The van der Waals surface area contributed by atoms with Gasteiger partial charge >= 0.3 is 0 Å². The molecule has 3 aromatic rings. The van der Waals surface area contributed by atoms with Crippen molar-refractivity contribution in [2.45, 2.75) is 13.8 Å². The number of methoxy groups -OCH3 is 1. The van der Waals surface area contributed by atoms with Crippen molar-refractivity contribution in [1.29, 1.82) is 0 Å². The quantitative estimate of drug-likeness (QED) is 0.608. The second kappa shape index (κ2) is 9.37. The summed E-state index contributed by atoms with van der Waals surface area (Å²) in [5.74, 6) is 0.578. The van der Waals surface area contributed by atoms with Crippen LogP contribution < -0.4 is 14.5 Å². The summed E-state index contributed by atoms with van der Waals surface area (Å²) >= 11 is 7.80. The molecular formula is C21H25ClN3O2S+. The predicted molar refractivity (Wildman–Crippen MR) is 116 cm³/mol. The number of nitrogens with zero attached hydrogens (tertiary/aromatic N) is 2. The number of anilines is 1. The summed E-state index contributed by atoms with van der Waals surface area (Å²) in [4.78, 5) is 21.3. The van der Waals surface area contributed by atoms with Crippen LogP contribution >= 0.6 is 22.9 Å². The summed E-state index contributed by atoms with van der Waals surface area (Å²) in [5, 5.41) is 1.11. The lowest BCUT2D eigenvalue weighted by atomic mass is 10.2. The molecule has 2 aromatic carbocycles.